The number of alkyl halides is 3. The van der Waals surface area contributed by atoms with E-state index in [1.807, 2.05) is 6.07 Å². The molecule has 0 bridgehead atoms. The Balaban J connectivity index is 1.43. The number of aromatic nitrogens is 2. The molecule has 0 amide bonds. The van der Waals surface area contributed by atoms with Gasteiger partial charge >= 0.3 is 6.18 Å². The van der Waals surface area contributed by atoms with Crippen molar-refractivity contribution in [1.82, 2.24) is 9.97 Å². The molecule has 1 aromatic carbocycles. The van der Waals surface area contributed by atoms with E-state index in [0.29, 0.717) is 16.1 Å². The lowest BCUT2D eigenvalue weighted by atomic mass is 9.93. The van der Waals surface area contributed by atoms with E-state index in [1.165, 1.54) is 12.4 Å². The molecule has 0 radical (unpaired) electrons. The molecule has 3 nitrogen and oxygen atoms in total. The second kappa shape index (κ2) is 8.88. The van der Waals surface area contributed by atoms with Gasteiger partial charge in [-0.05, 0) is 61.8 Å². The van der Waals surface area contributed by atoms with Gasteiger partial charge in [0, 0.05) is 18.0 Å². The summed E-state index contributed by atoms with van der Waals surface area (Å²) in [6.07, 6.45) is 1.21. The van der Waals surface area contributed by atoms with Crippen LogP contribution in [0.15, 0.2) is 36.7 Å². The first kappa shape index (κ1) is 21.0. The molecule has 1 fully saturated rings. The molecule has 1 atom stereocenters. The second-order valence-corrected chi connectivity index (χ2v) is 8.99. The van der Waals surface area contributed by atoms with Gasteiger partial charge in [-0.15, -0.1) is 11.3 Å². The number of thiophene rings is 1. The zero-order chi connectivity index (χ0) is 21.1. The van der Waals surface area contributed by atoms with Gasteiger partial charge in [-0.1, -0.05) is 12.1 Å². The van der Waals surface area contributed by atoms with Crippen molar-refractivity contribution < 1.29 is 17.6 Å². The summed E-state index contributed by atoms with van der Waals surface area (Å²) in [6, 6.07) is 8.34. The third kappa shape index (κ3) is 5.28. The van der Waals surface area contributed by atoms with Crippen LogP contribution in [-0.4, -0.2) is 29.2 Å². The van der Waals surface area contributed by atoms with Crippen LogP contribution in [0.25, 0.3) is 10.2 Å². The van der Waals surface area contributed by atoms with Crippen molar-refractivity contribution in [2.24, 2.45) is 5.92 Å². The quantitative estimate of drug-likeness (QED) is 0.447. The molecule has 3 heterocycles. The Morgan fingerprint density at radius 1 is 1.10 bits per heavy atom. The Kier molecular flexibility index (Phi) is 6.22. The molecule has 0 N–H and O–H groups in total. The van der Waals surface area contributed by atoms with Crippen molar-refractivity contribution in [2.45, 2.75) is 44.7 Å². The topological polar surface area (TPSA) is 29.0 Å². The lowest BCUT2D eigenvalue weighted by Crippen LogP contribution is -2.25. The number of aryl methyl sites for hydroxylation is 1. The SMILES string of the molecule is Fc1cccc(CCC2CCCN(c3ncnc4sc(CC(F)(F)F)cc34)CC2)c1. The van der Waals surface area contributed by atoms with E-state index in [1.54, 1.807) is 18.2 Å². The van der Waals surface area contributed by atoms with Crippen LogP contribution in [0.4, 0.5) is 23.4 Å². The standard InChI is InChI=1S/C22H23F4N3S/c23-17-5-1-3-16(11-17)7-6-15-4-2-9-29(10-8-15)20-19-12-18(13-22(24,25)26)30-21(19)28-14-27-20/h1,3,5,11-12,14-15H,2,4,6-10,13H2. The molecule has 0 spiro atoms. The molecule has 0 saturated carbocycles. The van der Waals surface area contributed by atoms with E-state index in [4.69, 9.17) is 0 Å². The molecule has 30 heavy (non-hydrogen) atoms. The fourth-order valence-corrected chi connectivity index (χ4v) is 5.18. The maximum atomic E-state index is 13.4. The Morgan fingerprint density at radius 2 is 1.97 bits per heavy atom. The van der Waals surface area contributed by atoms with Crippen molar-refractivity contribution >= 4 is 27.4 Å². The van der Waals surface area contributed by atoms with Crippen LogP contribution in [0.1, 0.15) is 36.1 Å². The van der Waals surface area contributed by atoms with E-state index in [0.717, 1.165) is 67.9 Å². The number of anilines is 1. The number of hydrogen-bond acceptors (Lipinski definition) is 4. The number of benzene rings is 1. The third-order valence-corrected chi connectivity index (χ3v) is 6.65. The molecule has 1 aliphatic heterocycles. The molecule has 1 saturated heterocycles. The van der Waals surface area contributed by atoms with Crippen molar-refractivity contribution in [2.75, 3.05) is 18.0 Å². The molecule has 1 unspecified atom stereocenters. The van der Waals surface area contributed by atoms with Crippen LogP contribution in [-0.2, 0) is 12.8 Å². The van der Waals surface area contributed by atoms with Gasteiger partial charge in [0.2, 0.25) is 0 Å². The summed E-state index contributed by atoms with van der Waals surface area (Å²) < 4.78 is 51.7. The van der Waals surface area contributed by atoms with Crippen LogP contribution < -0.4 is 4.90 Å². The molecule has 160 valence electrons. The van der Waals surface area contributed by atoms with Gasteiger partial charge in [0.15, 0.2) is 0 Å². The highest BCUT2D eigenvalue weighted by Crippen LogP contribution is 2.35. The number of hydrogen-bond donors (Lipinski definition) is 0. The van der Waals surface area contributed by atoms with E-state index < -0.39 is 12.6 Å². The van der Waals surface area contributed by atoms with Gasteiger partial charge < -0.3 is 4.90 Å². The highest BCUT2D eigenvalue weighted by molar-refractivity contribution is 7.18. The lowest BCUT2D eigenvalue weighted by Gasteiger charge is -2.22. The number of halogens is 4. The highest BCUT2D eigenvalue weighted by Gasteiger charge is 2.29. The molecule has 8 heteroatoms. The van der Waals surface area contributed by atoms with Crippen molar-refractivity contribution in [3.63, 3.8) is 0 Å². The zero-order valence-electron chi connectivity index (χ0n) is 16.5. The Hall–Kier alpha value is -2.22. The van der Waals surface area contributed by atoms with Crippen molar-refractivity contribution in [3.8, 4) is 0 Å². The van der Waals surface area contributed by atoms with Crippen LogP contribution >= 0.6 is 11.3 Å². The van der Waals surface area contributed by atoms with Crippen LogP contribution in [0.5, 0.6) is 0 Å². The van der Waals surface area contributed by atoms with E-state index in [-0.39, 0.29) is 10.7 Å². The largest absolute Gasteiger partial charge is 0.393 e. The van der Waals surface area contributed by atoms with E-state index in [9.17, 15) is 17.6 Å². The Labute approximate surface area is 176 Å². The smallest absolute Gasteiger partial charge is 0.356 e. The minimum absolute atomic E-state index is 0.201. The average Bonchev–Trinajstić information content (AvgIpc) is 2.93. The Morgan fingerprint density at radius 3 is 2.77 bits per heavy atom. The normalized spacial score (nSPS) is 18.0. The summed E-state index contributed by atoms with van der Waals surface area (Å²) >= 11 is 1.09. The minimum atomic E-state index is -4.23. The molecule has 2 aromatic heterocycles. The predicted octanol–water partition coefficient (Wildman–Crippen LogP) is 6.17. The van der Waals surface area contributed by atoms with Gasteiger partial charge in [-0.2, -0.15) is 13.2 Å². The first-order valence-electron chi connectivity index (χ1n) is 10.2. The molecular formula is C22H23F4N3S. The lowest BCUT2D eigenvalue weighted by molar-refractivity contribution is -0.126. The molecule has 3 aromatic rings. The Bertz CT molecular complexity index is 1000. The van der Waals surface area contributed by atoms with Crippen molar-refractivity contribution in [3.05, 3.63) is 52.9 Å². The van der Waals surface area contributed by atoms with Gasteiger partial charge in [-0.25, -0.2) is 14.4 Å². The minimum Gasteiger partial charge on any atom is -0.356 e. The van der Waals surface area contributed by atoms with Gasteiger partial charge in [0.05, 0.1) is 11.8 Å². The summed E-state index contributed by atoms with van der Waals surface area (Å²) in [4.78, 5) is 11.6. The number of fused-ring (bicyclic) bond motifs is 1. The number of rotatable bonds is 5. The summed E-state index contributed by atoms with van der Waals surface area (Å²) in [5, 5.41) is 0.708. The predicted molar refractivity (Wildman–Crippen MR) is 111 cm³/mol. The van der Waals surface area contributed by atoms with Gasteiger partial charge in [0.25, 0.3) is 0 Å². The van der Waals surface area contributed by atoms with Crippen LogP contribution in [0.2, 0.25) is 0 Å². The maximum Gasteiger partial charge on any atom is 0.393 e. The summed E-state index contributed by atoms with van der Waals surface area (Å²) in [7, 11) is 0. The van der Waals surface area contributed by atoms with E-state index >= 15 is 0 Å². The molecule has 0 aliphatic carbocycles. The molecule has 1 aliphatic rings. The summed E-state index contributed by atoms with van der Waals surface area (Å²) in [5.74, 6) is 1.07. The molecule has 4 rings (SSSR count). The van der Waals surface area contributed by atoms with Crippen LogP contribution in [0, 0.1) is 11.7 Å². The zero-order valence-corrected chi connectivity index (χ0v) is 17.3. The second-order valence-electron chi connectivity index (χ2n) is 7.87. The average molecular weight is 438 g/mol. The monoisotopic (exact) mass is 437 g/mol. The highest BCUT2D eigenvalue weighted by atomic mass is 32.1. The summed E-state index contributed by atoms with van der Waals surface area (Å²) in [6.45, 7) is 1.64. The van der Waals surface area contributed by atoms with Gasteiger partial charge in [0.1, 0.15) is 22.8 Å². The first-order valence-corrected chi connectivity index (χ1v) is 11.0. The fraction of sp³-hybridized carbons (Fsp3) is 0.455. The van der Waals surface area contributed by atoms with Crippen molar-refractivity contribution in [1.29, 1.82) is 0 Å². The van der Waals surface area contributed by atoms with Crippen LogP contribution in [0.3, 0.4) is 0 Å². The number of nitrogens with zero attached hydrogens (tertiary/aromatic N) is 3. The third-order valence-electron chi connectivity index (χ3n) is 5.61. The fourth-order valence-electron chi connectivity index (χ4n) is 4.16. The maximum absolute atomic E-state index is 13.4. The first-order chi connectivity index (χ1) is 14.4. The molecular weight excluding hydrogens is 414 g/mol. The summed E-state index contributed by atoms with van der Waals surface area (Å²) in [5.41, 5.74) is 1.02. The van der Waals surface area contributed by atoms with E-state index in [2.05, 4.69) is 14.9 Å². The van der Waals surface area contributed by atoms with Gasteiger partial charge in [-0.3, -0.25) is 0 Å².